The molecular formula is C19H25N3O3. The predicted molar refractivity (Wildman–Crippen MR) is 94.5 cm³/mol. The second kappa shape index (κ2) is 6.98. The van der Waals surface area contributed by atoms with Gasteiger partial charge in [0.25, 0.3) is 5.91 Å². The Morgan fingerprint density at radius 2 is 2.20 bits per heavy atom. The summed E-state index contributed by atoms with van der Waals surface area (Å²) in [5.41, 5.74) is 3.63. The lowest BCUT2D eigenvalue weighted by molar-refractivity contribution is -0.137. The third kappa shape index (κ3) is 4.08. The quantitative estimate of drug-likeness (QED) is 0.905. The van der Waals surface area contributed by atoms with Gasteiger partial charge >= 0.3 is 0 Å². The number of pyridine rings is 1. The maximum Gasteiger partial charge on any atom is 0.253 e. The van der Waals surface area contributed by atoms with Crippen molar-refractivity contribution < 1.29 is 14.3 Å². The van der Waals surface area contributed by atoms with Gasteiger partial charge in [0.1, 0.15) is 6.10 Å². The van der Waals surface area contributed by atoms with Crippen LogP contribution in [0, 0.1) is 13.8 Å². The summed E-state index contributed by atoms with van der Waals surface area (Å²) in [6.45, 7) is 9.30. The summed E-state index contributed by atoms with van der Waals surface area (Å²) in [5, 5.41) is 2.95. The number of aryl methyl sites for hydroxylation is 1. The Kier molecular flexibility index (Phi) is 4.92. The zero-order chi connectivity index (χ0) is 18.0. The van der Waals surface area contributed by atoms with E-state index >= 15 is 0 Å². The number of hydrogen-bond acceptors (Lipinski definition) is 4. The van der Waals surface area contributed by atoms with Crippen LogP contribution in [0.3, 0.4) is 0 Å². The van der Waals surface area contributed by atoms with Crippen LogP contribution < -0.4 is 5.32 Å². The molecule has 1 saturated heterocycles. The maximum atomic E-state index is 12.6. The number of nitrogens with one attached hydrogen (secondary N) is 1. The Labute approximate surface area is 148 Å². The lowest BCUT2D eigenvalue weighted by Gasteiger charge is -2.17. The fraction of sp³-hybridized carbons (Fsp3) is 0.474. The molecule has 2 aromatic rings. The first kappa shape index (κ1) is 17.6. The van der Waals surface area contributed by atoms with E-state index in [-0.39, 0.29) is 12.0 Å². The van der Waals surface area contributed by atoms with Crippen LogP contribution in [-0.4, -0.2) is 40.5 Å². The van der Waals surface area contributed by atoms with Gasteiger partial charge in [0.2, 0.25) is 0 Å². The number of hydrogen-bond donors (Lipinski definition) is 1. The van der Waals surface area contributed by atoms with E-state index in [9.17, 15) is 4.79 Å². The molecule has 1 aliphatic rings. The van der Waals surface area contributed by atoms with E-state index in [2.05, 4.69) is 14.9 Å². The third-order valence-corrected chi connectivity index (χ3v) is 4.42. The molecule has 0 saturated carbocycles. The summed E-state index contributed by atoms with van der Waals surface area (Å²) in [4.78, 5) is 16.9. The summed E-state index contributed by atoms with van der Waals surface area (Å²) in [6.07, 6.45) is 1.67. The van der Waals surface area contributed by atoms with Crippen LogP contribution in [0.25, 0.3) is 0 Å². The highest BCUT2D eigenvalue weighted by Gasteiger charge is 2.32. The molecule has 134 valence electrons. The van der Waals surface area contributed by atoms with E-state index in [1.807, 2.05) is 52.0 Å². The van der Waals surface area contributed by atoms with E-state index in [0.29, 0.717) is 25.3 Å². The Morgan fingerprint density at radius 3 is 2.84 bits per heavy atom. The van der Waals surface area contributed by atoms with E-state index in [0.717, 1.165) is 17.1 Å². The maximum absolute atomic E-state index is 12.6. The first-order valence-corrected chi connectivity index (χ1v) is 8.52. The number of ether oxygens (including phenoxy) is 2. The summed E-state index contributed by atoms with van der Waals surface area (Å²) in [5.74, 6) is -0.665. The molecule has 0 aromatic carbocycles. The molecule has 3 heterocycles. The number of nitrogens with zero attached hydrogens (tertiary/aromatic N) is 2. The number of carbonyl (C=O) groups is 1. The lowest BCUT2D eigenvalue weighted by atomic mass is 10.2. The first-order valence-electron chi connectivity index (χ1n) is 8.52. The molecule has 3 rings (SSSR count). The van der Waals surface area contributed by atoms with Crippen molar-refractivity contribution >= 4 is 5.91 Å². The Bertz CT molecular complexity index is 753. The molecule has 6 nitrogen and oxygen atoms in total. The first-order chi connectivity index (χ1) is 11.9. The smallest absolute Gasteiger partial charge is 0.253 e. The normalized spacial score (nSPS) is 19.1. The van der Waals surface area contributed by atoms with Gasteiger partial charge in [0, 0.05) is 24.1 Å². The molecule has 0 bridgehead atoms. The Hall–Kier alpha value is -2.18. The highest BCUT2D eigenvalue weighted by atomic mass is 16.7. The molecule has 1 fully saturated rings. The van der Waals surface area contributed by atoms with Gasteiger partial charge < -0.3 is 19.4 Å². The van der Waals surface area contributed by atoms with Gasteiger partial charge in [-0.25, -0.2) is 0 Å². The van der Waals surface area contributed by atoms with Gasteiger partial charge in [-0.2, -0.15) is 0 Å². The van der Waals surface area contributed by atoms with Gasteiger partial charge in [0.05, 0.1) is 24.4 Å². The highest BCUT2D eigenvalue weighted by molar-refractivity contribution is 5.95. The second-order valence-electron chi connectivity index (χ2n) is 6.85. The standard InChI is InChI=1S/C19H25N3O3/c1-13-9-17(14(2)22(13)11-15-7-5-6-8-20-15)18(23)21-10-16-12-24-19(3,4)25-16/h5-9,16H,10-12H2,1-4H3,(H,21,23)/t16-/m0/s1. The van der Waals surface area contributed by atoms with E-state index in [4.69, 9.17) is 9.47 Å². The largest absolute Gasteiger partial charge is 0.349 e. The number of aromatic nitrogens is 2. The van der Waals surface area contributed by atoms with Crippen LogP contribution >= 0.6 is 0 Å². The van der Waals surface area contributed by atoms with Gasteiger partial charge in [-0.05, 0) is 45.9 Å². The lowest BCUT2D eigenvalue weighted by Crippen LogP contribution is -2.34. The van der Waals surface area contributed by atoms with Crippen molar-refractivity contribution in [3.8, 4) is 0 Å². The molecule has 1 N–H and O–H groups in total. The van der Waals surface area contributed by atoms with Crippen molar-refractivity contribution in [2.24, 2.45) is 0 Å². The van der Waals surface area contributed by atoms with Gasteiger partial charge in [0.15, 0.2) is 5.79 Å². The fourth-order valence-electron chi connectivity index (χ4n) is 3.09. The van der Waals surface area contributed by atoms with Crippen molar-refractivity contribution in [3.63, 3.8) is 0 Å². The van der Waals surface area contributed by atoms with Crippen LogP contribution in [0.2, 0.25) is 0 Å². The average molecular weight is 343 g/mol. The molecule has 1 amide bonds. The molecule has 1 atom stereocenters. The second-order valence-corrected chi connectivity index (χ2v) is 6.85. The van der Waals surface area contributed by atoms with Gasteiger partial charge in [-0.15, -0.1) is 0 Å². The molecule has 25 heavy (non-hydrogen) atoms. The number of rotatable bonds is 5. The third-order valence-electron chi connectivity index (χ3n) is 4.42. The molecular weight excluding hydrogens is 318 g/mol. The van der Waals surface area contributed by atoms with E-state index in [1.54, 1.807) is 6.20 Å². The highest BCUT2D eigenvalue weighted by Crippen LogP contribution is 2.22. The zero-order valence-corrected chi connectivity index (χ0v) is 15.2. The molecule has 1 aliphatic heterocycles. The zero-order valence-electron chi connectivity index (χ0n) is 15.2. The minimum absolute atomic E-state index is 0.0892. The van der Waals surface area contributed by atoms with Gasteiger partial charge in [-0.1, -0.05) is 6.07 Å². The van der Waals surface area contributed by atoms with Gasteiger partial charge in [-0.3, -0.25) is 9.78 Å². The molecule has 0 radical (unpaired) electrons. The molecule has 0 aliphatic carbocycles. The van der Waals surface area contributed by atoms with Crippen molar-refractivity contribution in [2.45, 2.75) is 46.1 Å². The summed E-state index contributed by atoms with van der Waals surface area (Å²) in [6, 6.07) is 7.77. The molecule has 2 aromatic heterocycles. The van der Waals surface area contributed by atoms with Crippen LogP contribution in [0.4, 0.5) is 0 Å². The van der Waals surface area contributed by atoms with E-state index < -0.39 is 5.79 Å². The molecule has 0 unspecified atom stereocenters. The monoisotopic (exact) mass is 343 g/mol. The number of carbonyl (C=O) groups excluding carboxylic acids is 1. The number of amides is 1. The topological polar surface area (TPSA) is 65.4 Å². The van der Waals surface area contributed by atoms with Crippen molar-refractivity contribution in [2.75, 3.05) is 13.2 Å². The van der Waals surface area contributed by atoms with Crippen molar-refractivity contribution in [3.05, 3.63) is 53.1 Å². The Balaban J connectivity index is 1.66. The molecule has 6 heteroatoms. The van der Waals surface area contributed by atoms with Crippen molar-refractivity contribution in [1.29, 1.82) is 0 Å². The SMILES string of the molecule is Cc1cc(C(=O)NC[C@H]2COC(C)(C)O2)c(C)n1Cc1ccccn1. The van der Waals surface area contributed by atoms with Crippen LogP contribution in [-0.2, 0) is 16.0 Å². The van der Waals surface area contributed by atoms with E-state index in [1.165, 1.54) is 0 Å². The van der Waals surface area contributed by atoms with Crippen LogP contribution in [0.15, 0.2) is 30.5 Å². The van der Waals surface area contributed by atoms with Crippen molar-refractivity contribution in [1.82, 2.24) is 14.9 Å². The predicted octanol–water partition coefficient (Wildman–Crippen LogP) is 2.43. The minimum atomic E-state index is -0.575. The van der Waals surface area contributed by atoms with Crippen LogP contribution in [0.5, 0.6) is 0 Å². The fourth-order valence-corrected chi connectivity index (χ4v) is 3.09. The Morgan fingerprint density at radius 1 is 1.40 bits per heavy atom. The summed E-state index contributed by atoms with van der Waals surface area (Å²) in [7, 11) is 0. The average Bonchev–Trinajstić information content (AvgIpc) is 3.07. The van der Waals surface area contributed by atoms with Crippen LogP contribution in [0.1, 0.15) is 41.3 Å². The summed E-state index contributed by atoms with van der Waals surface area (Å²) >= 11 is 0. The minimum Gasteiger partial charge on any atom is -0.349 e. The summed E-state index contributed by atoms with van der Waals surface area (Å²) < 4.78 is 13.3. The molecule has 0 spiro atoms.